The maximum atomic E-state index is 14.0. The summed E-state index contributed by atoms with van der Waals surface area (Å²) in [4.78, 5) is 0. The summed E-state index contributed by atoms with van der Waals surface area (Å²) in [7, 11) is 0. The van der Waals surface area contributed by atoms with Gasteiger partial charge in [0.2, 0.25) is 0 Å². The van der Waals surface area contributed by atoms with E-state index >= 15 is 0 Å². The molecule has 2 nitrogen and oxygen atoms in total. The van der Waals surface area contributed by atoms with Gasteiger partial charge in [-0.3, -0.25) is 0 Å². The molecule has 2 N–H and O–H groups in total. The summed E-state index contributed by atoms with van der Waals surface area (Å²) >= 11 is 9.42. The van der Waals surface area contributed by atoms with Crippen molar-refractivity contribution in [2.45, 2.75) is 11.8 Å². The Labute approximate surface area is 136 Å². The highest BCUT2D eigenvalue weighted by molar-refractivity contribution is 9.10. The van der Waals surface area contributed by atoms with Gasteiger partial charge in [-0.2, -0.15) is 0 Å². The molecule has 2 aromatic carbocycles. The molecule has 0 aromatic heterocycles. The largest absolute Gasteiger partial charge is 0.395 e. The van der Waals surface area contributed by atoms with Gasteiger partial charge in [0.05, 0.1) is 13.2 Å². The van der Waals surface area contributed by atoms with Crippen LogP contribution in [0.1, 0.15) is 11.1 Å². The van der Waals surface area contributed by atoms with Crippen LogP contribution in [0.25, 0.3) is 0 Å². The average molecular weight is 374 g/mol. The van der Waals surface area contributed by atoms with E-state index in [0.29, 0.717) is 5.56 Å². The van der Waals surface area contributed by atoms with Crippen molar-refractivity contribution in [3.05, 3.63) is 68.9 Å². The van der Waals surface area contributed by atoms with E-state index in [1.807, 2.05) is 12.1 Å². The molecule has 0 aliphatic carbocycles. The van der Waals surface area contributed by atoms with E-state index in [0.717, 1.165) is 10.0 Å². The summed E-state index contributed by atoms with van der Waals surface area (Å²) in [6.45, 7) is -0.630. The van der Waals surface area contributed by atoms with Crippen molar-refractivity contribution in [2.75, 3.05) is 13.2 Å². The van der Waals surface area contributed by atoms with Crippen LogP contribution in [0.2, 0.25) is 5.02 Å². The van der Waals surface area contributed by atoms with Gasteiger partial charge in [0.1, 0.15) is 5.82 Å². The Kier molecular flexibility index (Phi) is 5.38. The summed E-state index contributed by atoms with van der Waals surface area (Å²) in [6.07, 6.45) is 0.113. The first-order valence-corrected chi connectivity index (χ1v) is 7.60. The van der Waals surface area contributed by atoms with Crippen LogP contribution in [0.5, 0.6) is 0 Å². The van der Waals surface area contributed by atoms with E-state index in [9.17, 15) is 14.6 Å². The fraction of sp³-hybridized carbons (Fsp3) is 0.250. The lowest BCUT2D eigenvalue weighted by Crippen LogP contribution is -2.37. The summed E-state index contributed by atoms with van der Waals surface area (Å²) < 4.78 is 14.8. The van der Waals surface area contributed by atoms with Gasteiger partial charge in [-0.15, -0.1) is 0 Å². The minimum Gasteiger partial charge on any atom is -0.395 e. The molecule has 0 atom stereocenters. The van der Waals surface area contributed by atoms with Crippen LogP contribution < -0.4 is 0 Å². The average Bonchev–Trinajstić information content (AvgIpc) is 2.48. The number of rotatable bonds is 5. The second-order valence-corrected chi connectivity index (χ2v) is 6.31. The minimum atomic E-state index is -0.990. The lowest BCUT2D eigenvalue weighted by molar-refractivity contribution is 0.115. The second-order valence-electron chi connectivity index (χ2n) is 4.98. The lowest BCUT2D eigenvalue weighted by atomic mass is 9.76. The molecule has 2 rings (SSSR count). The third kappa shape index (κ3) is 3.46. The zero-order chi connectivity index (χ0) is 15.5. The minimum absolute atomic E-state index is 0.113. The predicted molar refractivity (Wildman–Crippen MR) is 85.1 cm³/mol. The molecule has 0 saturated heterocycles. The number of aliphatic hydroxyl groups is 2. The van der Waals surface area contributed by atoms with Gasteiger partial charge in [-0.1, -0.05) is 45.7 Å². The molecule has 0 spiro atoms. The molecule has 2 aromatic rings. The van der Waals surface area contributed by atoms with Crippen molar-refractivity contribution in [3.63, 3.8) is 0 Å². The Bertz CT molecular complexity index is 609. The normalized spacial score (nSPS) is 11.7. The molecule has 0 bridgehead atoms. The van der Waals surface area contributed by atoms with Crippen LogP contribution in [0.3, 0.4) is 0 Å². The highest BCUT2D eigenvalue weighted by Gasteiger charge is 2.33. The maximum Gasteiger partial charge on any atom is 0.127 e. The molecule has 0 saturated carbocycles. The third-order valence-electron chi connectivity index (χ3n) is 3.62. The van der Waals surface area contributed by atoms with Crippen LogP contribution in [-0.4, -0.2) is 23.4 Å². The predicted octanol–water partition coefficient (Wildman–Crippen LogP) is 3.71. The standard InChI is InChI=1S/C16H15BrClFO2/c17-12-4-1-3-11(7-12)16(9-20,10-21)8-13-14(18)5-2-6-15(13)19/h1-7,20-21H,8-10H2. The van der Waals surface area contributed by atoms with E-state index in [-0.39, 0.29) is 24.7 Å². The van der Waals surface area contributed by atoms with Gasteiger partial charge in [0.25, 0.3) is 0 Å². The second kappa shape index (κ2) is 6.88. The van der Waals surface area contributed by atoms with E-state index in [4.69, 9.17) is 11.6 Å². The molecule has 21 heavy (non-hydrogen) atoms. The molecule has 0 heterocycles. The third-order valence-corrected chi connectivity index (χ3v) is 4.47. The zero-order valence-corrected chi connectivity index (χ0v) is 13.5. The highest BCUT2D eigenvalue weighted by Crippen LogP contribution is 2.33. The van der Waals surface area contributed by atoms with Crippen LogP contribution in [0, 0.1) is 5.82 Å². The van der Waals surface area contributed by atoms with E-state index < -0.39 is 11.2 Å². The molecule has 112 valence electrons. The number of hydrogen-bond acceptors (Lipinski definition) is 2. The Morgan fingerprint density at radius 1 is 1.10 bits per heavy atom. The molecular formula is C16H15BrClFO2. The topological polar surface area (TPSA) is 40.5 Å². The lowest BCUT2D eigenvalue weighted by Gasteiger charge is -2.31. The molecule has 5 heteroatoms. The molecule has 0 unspecified atom stereocenters. The van der Waals surface area contributed by atoms with Gasteiger partial charge < -0.3 is 10.2 Å². The summed E-state index contributed by atoms with van der Waals surface area (Å²) in [5.74, 6) is -0.441. The van der Waals surface area contributed by atoms with Crippen LogP contribution in [0.15, 0.2) is 46.9 Å². The number of benzene rings is 2. The fourth-order valence-electron chi connectivity index (χ4n) is 2.30. The van der Waals surface area contributed by atoms with Crippen molar-refractivity contribution in [1.29, 1.82) is 0 Å². The molecule has 0 fully saturated rings. The van der Waals surface area contributed by atoms with E-state index in [1.165, 1.54) is 12.1 Å². The molecular weight excluding hydrogens is 359 g/mol. The molecule has 0 amide bonds. The summed E-state index contributed by atoms with van der Waals surface area (Å²) in [6, 6.07) is 11.7. The highest BCUT2D eigenvalue weighted by atomic mass is 79.9. The number of aliphatic hydroxyl groups excluding tert-OH is 2. The van der Waals surface area contributed by atoms with Crippen LogP contribution in [0.4, 0.5) is 4.39 Å². The van der Waals surface area contributed by atoms with Gasteiger partial charge in [0.15, 0.2) is 0 Å². The Balaban J connectivity index is 2.48. The van der Waals surface area contributed by atoms with Crippen LogP contribution >= 0.6 is 27.5 Å². The first-order chi connectivity index (χ1) is 10.0. The summed E-state index contributed by atoms with van der Waals surface area (Å²) in [5, 5.41) is 19.9. The monoisotopic (exact) mass is 372 g/mol. The van der Waals surface area contributed by atoms with E-state index in [1.54, 1.807) is 18.2 Å². The van der Waals surface area contributed by atoms with Gasteiger partial charge in [-0.25, -0.2) is 4.39 Å². The molecule has 0 aliphatic heterocycles. The van der Waals surface area contributed by atoms with Crippen molar-refractivity contribution < 1.29 is 14.6 Å². The first-order valence-electron chi connectivity index (χ1n) is 6.43. The van der Waals surface area contributed by atoms with Crippen LogP contribution in [-0.2, 0) is 11.8 Å². The number of hydrogen-bond donors (Lipinski definition) is 2. The van der Waals surface area contributed by atoms with Gasteiger partial charge >= 0.3 is 0 Å². The number of halogens is 3. The quantitative estimate of drug-likeness (QED) is 0.839. The molecule has 0 radical (unpaired) electrons. The Morgan fingerprint density at radius 2 is 1.76 bits per heavy atom. The SMILES string of the molecule is OCC(CO)(Cc1c(F)cccc1Cl)c1cccc(Br)c1. The van der Waals surface area contributed by atoms with Crippen molar-refractivity contribution in [1.82, 2.24) is 0 Å². The van der Waals surface area contributed by atoms with Gasteiger partial charge in [0, 0.05) is 20.5 Å². The Hall–Kier alpha value is -0.940. The zero-order valence-electron chi connectivity index (χ0n) is 11.2. The van der Waals surface area contributed by atoms with E-state index in [2.05, 4.69) is 15.9 Å². The van der Waals surface area contributed by atoms with Crippen molar-refractivity contribution >= 4 is 27.5 Å². The smallest absolute Gasteiger partial charge is 0.127 e. The summed E-state index contributed by atoms with van der Waals surface area (Å²) in [5.41, 5.74) is 0.0266. The first kappa shape index (κ1) is 16.4. The van der Waals surface area contributed by atoms with Gasteiger partial charge in [-0.05, 0) is 36.2 Å². The van der Waals surface area contributed by atoms with Crippen molar-refractivity contribution in [2.24, 2.45) is 0 Å². The van der Waals surface area contributed by atoms with Crippen molar-refractivity contribution in [3.8, 4) is 0 Å². The Morgan fingerprint density at radius 3 is 2.33 bits per heavy atom. The maximum absolute atomic E-state index is 14.0. The fourth-order valence-corrected chi connectivity index (χ4v) is 2.93. The molecule has 0 aliphatic rings.